The molecule has 3 rings (SSSR count). The van der Waals surface area contributed by atoms with Crippen molar-refractivity contribution in [3.63, 3.8) is 0 Å². The molecule has 0 atom stereocenters. The Labute approximate surface area is 139 Å². The fraction of sp³-hybridized carbons (Fsp3) is 0.118. The van der Waals surface area contributed by atoms with E-state index in [2.05, 4.69) is 5.10 Å². The molecule has 0 saturated heterocycles. The zero-order valence-electron chi connectivity index (χ0n) is 12.2. The third kappa shape index (κ3) is 3.04. The Hall–Kier alpha value is -1.75. The first-order chi connectivity index (χ1) is 10.7. The van der Waals surface area contributed by atoms with Crippen molar-refractivity contribution in [1.29, 1.82) is 0 Å². The van der Waals surface area contributed by atoms with Crippen LogP contribution in [0.2, 0.25) is 5.02 Å². The average Bonchev–Trinajstić information content (AvgIpc) is 2.86. The van der Waals surface area contributed by atoms with Gasteiger partial charge in [-0.05, 0) is 43.3 Å². The van der Waals surface area contributed by atoms with Crippen molar-refractivity contribution in [3.05, 3.63) is 70.9 Å². The van der Waals surface area contributed by atoms with Crippen LogP contribution >= 0.6 is 23.4 Å². The van der Waals surface area contributed by atoms with Gasteiger partial charge in [0.2, 0.25) is 0 Å². The van der Waals surface area contributed by atoms with Gasteiger partial charge in [-0.3, -0.25) is 0 Å². The summed E-state index contributed by atoms with van der Waals surface area (Å²) in [5.74, 6) is 0. The summed E-state index contributed by atoms with van der Waals surface area (Å²) in [5.41, 5.74) is 9.00. The zero-order chi connectivity index (χ0) is 15.5. The van der Waals surface area contributed by atoms with Gasteiger partial charge in [-0.1, -0.05) is 41.6 Å². The molecule has 0 spiro atoms. The van der Waals surface area contributed by atoms with E-state index in [1.165, 1.54) is 0 Å². The largest absolute Gasteiger partial charge is 0.326 e. The Morgan fingerprint density at radius 3 is 2.41 bits per heavy atom. The molecule has 22 heavy (non-hydrogen) atoms. The summed E-state index contributed by atoms with van der Waals surface area (Å²) in [6, 6.07) is 17.9. The lowest BCUT2D eigenvalue weighted by Crippen LogP contribution is -2.01. The summed E-state index contributed by atoms with van der Waals surface area (Å²) in [6.07, 6.45) is 0. The third-order valence-electron chi connectivity index (χ3n) is 3.37. The molecule has 0 aliphatic rings. The van der Waals surface area contributed by atoms with Gasteiger partial charge in [0.05, 0.1) is 11.4 Å². The molecule has 0 amide bonds. The van der Waals surface area contributed by atoms with Gasteiger partial charge in [-0.25, -0.2) is 4.68 Å². The predicted molar refractivity (Wildman–Crippen MR) is 91.8 cm³/mol. The van der Waals surface area contributed by atoms with E-state index in [1.807, 2.05) is 66.2 Å². The number of hydrogen-bond acceptors (Lipinski definition) is 3. The zero-order valence-corrected chi connectivity index (χ0v) is 13.7. The van der Waals surface area contributed by atoms with Crippen molar-refractivity contribution in [2.24, 2.45) is 5.73 Å². The second-order valence-corrected chi connectivity index (χ2v) is 6.38. The quantitative estimate of drug-likeness (QED) is 0.769. The number of para-hydroxylation sites is 1. The van der Waals surface area contributed by atoms with Crippen molar-refractivity contribution < 1.29 is 0 Å². The third-order valence-corrected chi connectivity index (χ3v) is 4.74. The van der Waals surface area contributed by atoms with Gasteiger partial charge in [0.1, 0.15) is 5.03 Å². The Morgan fingerprint density at radius 1 is 1.09 bits per heavy atom. The number of rotatable bonds is 4. The van der Waals surface area contributed by atoms with Crippen LogP contribution in [0, 0.1) is 6.92 Å². The first-order valence-corrected chi connectivity index (χ1v) is 8.16. The van der Waals surface area contributed by atoms with Crippen LogP contribution in [0.1, 0.15) is 11.3 Å². The summed E-state index contributed by atoms with van der Waals surface area (Å²) in [4.78, 5) is 1.11. The molecule has 0 unspecified atom stereocenters. The molecule has 3 nitrogen and oxygen atoms in total. The number of hydrogen-bond donors (Lipinski definition) is 1. The van der Waals surface area contributed by atoms with Gasteiger partial charge in [-0.2, -0.15) is 5.10 Å². The summed E-state index contributed by atoms with van der Waals surface area (Å²) in [7, 11) is 0. The molecule has 1 aromatic heterocycles. The van der Waals surface area contributed by atoms with Crippen molar-refractivity contribution in [3.8, 4) is 5.69 Å². The summed E-state index contributed by atoms with van der Waals surface area (Å²) in [5, 5.41) is 6.44. The lowest BCUT2D eigenvalue weighted by atomic mass is 10.3. The summed E-state index contributed by atoms with van der Waals surface area (Å²) in [6.45, 7) is 2.46. The molecule has 0 saturated carbocycles. The molecule has 112 valence electrons. The van der Waals surface area contributed by atoms with E-state index in [4.69, 9.17) is 17.3 Å². The maximum Gasteiger partial charge on any atom is 0.109 e. The molecular weight excluding hydrogens is 314 g/mol. The average molecular weight is 330 g/mol. The van der Waals surface area contributed by atoms with Gasteiger partial charge in [0, 0.05) is 22.0 Å². The predicted octanol–water partition coefficient (Wildman–Crippen LogP) is 4.44. The van der Waals surface area contributed by atoms with Crippen LogP contribution in [0.3, 0.4) is 0 Å². The van der Waals surface area contributed by atoms with E-state index >= 15 is 0 Å². The lowest BCUT2D eigenvalue weighted by Gasteiger charge is -2.09. The molecule has 0 bridgehead atoms. The number of halogens is 1. The monoisotopic (exact) mass is 329 g/mol. The maximum absolute atomic E-state index is 5.96. The van der Waals surface area contributed by atoms with E-state index in [-0.39, 0.29) is 0 Å². The van der Waals surface area contributed by atoms with Crippen LogP contribution in [0.4, 0.5) is 0 Å². The Balaban J connectivity index is 2.06. The van der Waals surface area contributed by atoms with Crippen molar-refractivity contribution >= 4 is 23.4 Å². The highest BCUT2D eigenvalue weighted by Gasteiger charge is 2.16. The number of aryl methyl sites for hydroxylation is 1. The van der Waals surface area contributed by atoms with Crippen LogP contribution in [0.25, 0.3) is 5.69 Å². The van der Waals surface area contributed by atoms with Gasteiger partial charge < -0.3 is 5.73 Å². The second kappa shape index (κ2) is 6.57. The smallest absolute Gasteiger partial charge is 0.109 e. The van der Waals surface area contributed by atoms with Crippen LogP contribution in [-0.2, 0) is 6.54 Å². The number of aromatic nitrogens is 2. The molecule has 0 aliphatic carbocycles. The molecule has 2 N–H and O–H groups in total. The number of nitrogens with two attached hydrogens (primary N) is 1. The molecule has 1 heterocycles. The van der Waals surface area contributed by atoms with E-state index in [9.17, 15) is 0 Å². The number of nitrogens with zero attached hydrogens (tertiary/aromatic N) is 2. The highest BCUT2D eigenvalue weighted by atomic mass is 35.5. The van der Waals surface area contributed by atoms with E-state index in [1.54, 1.807) is 11.8 Å². The van der Waals surface area contributed by atoms with Crippen LogP contribution in [0.15, 0.2) is 64.5 Å². The van der Waals surface area contributed by atoms with E-state index in [0.717, 1.165) is 31.9 Å². The molecular formula is C17H16ClN3S. The topological polar surface area (TPSA) is 43.8 Å². The first kappa shape index (κ1) is 15.2. The van der Waals surface area contributed by atoms with Crippen molar-refractivity contribution in [1.82, 2.24) is 9.78 Å². The second-order valence-electron chi connectivity index (χ2n) is 4.88. The molecule has 3 aromatic rings. The van der Waals surface area contributed by atoms with Crippen LogP contribution < -0.4 is 5.73 Å². The highest BCUT2D eigenvalue weighted by molar-refractivity contribution is 7.99. The highest BCUT2D eigenvalue weighted by Crippen LogP contribution is 2.34. The first-order valence-electron chi connectivity index (χ1n) is 6.96. The number of benzene rings is 2. The van der Waals surface area contributed by atoms with Gasteiger partial charge in [-0.15, -0.1) is 0 Å². The van der Waals surface area contributed by atoms with Gasteiger partial charge in [0.25, 0.3) is 0 Å². The van der Waals surface area contributed by atoms with Crippen molar-refractivity contribution in [2.75, 3.05) is 0 Å². The molecule has 2 aromatic carbocycles. The van der Waals surface area contributed by atoms with Crippen LogP contribution in [0.5, 0.6) is 0 Å². The minimum atomic E-state index is 0.467. The molecule has 0 radical (unpaired) electrons. The molecule has 0 fully saturated rings. The SMILES string of the molecule is Cc1nn(-c2ccccc2)c(Sc2ccc(Cl)cc2)c1CN. The summed E-state index contributed by atoms with van der Waals surface area (Å²) < 4.78 is 1.96. The Bertz CT molecular complexity index is 767. The van der Waals surface area contributed by atoms with Crippen LogP contribution in [-0.4, -0.2) is 9.78 Å². The van der Waals surface area contributed by atoms with Gasteiger partial charge >= 0.3 is 0 Å². The maximum atomic E-state index is 5.96. The fourth-order valence-electron chi connectivity index (χ4n) is 2.24. The standard InChI is InChI=1S/C17H16ClN3S/c1-12-16(11-19)17(22-15-9-7-13(18)8-10-15)21(20-12)14-5-3-2-4-6-14/h2-10H,11,19H2,1H3. The Kier molecular flexibility index (Phi) is 4.52. The lowest BCUT2D eigenvalue weighted by molar-refractivity contribution is 0.788. The minimum Gasteiger partial charge on any atom is -0.326 e. The van der Waals surface area contributed by atoms with E-state index in [0.29, 0.717) is 6.54 Å². The molecule has 5 heteroatoms. The minimum absolute atomic E-state index is 0.467. The van der Waals surface area contributed by atoms with E-state index < -0.39 is 0 Å². The van der Waals surface area contributed by atoms with Crippen molar-refractivity contribution in [2.45, 2.75) is 23.4 Å². The fourth-order valence-corrected chi connectivity index (χ4v) is 3.45. The van der Waals surface area contributed by atoms with Gasteiger partial charge in [0.15, 0.2) is 0 Å². The normalized spacial score (nSPS) is 10.9. The summed E-state index contributed by atoms with van der Waals surface area (Å²) >= 11 is 7.61. The molecule has 0 aliphatic heterocycles. The Morgan fingerprint density at radius 2 is 1.77 bits per heavy atom.